The molecule has 2 aromatic heterocycles. The largest absolute Gasteiger partial charge is 0.435 e. The molecule has 0 amide bonds. The molecule has 0 spiro atoms. The van der Waals surface area contributed by atoms with Crippen molar-refractivity contribution in [2.45, 2.75) is 19.7 Å². The smallest absolute Gasteiger partial charge is 0.417 e. The van der Waals surface area contributed by atoms with Crippen LogP contribution in [0, 0.1) is 6.92 Å². The average Bonchev–Trinajstić information content (AvgIpc) is 2.80. The monoisotopic (exact) mass is 357 g/mol. The number of fused-ring (bicyclic) bond motifs is 1. The lowest BCUT2D eigenvalue weighted by atomic mass is 10.0. The van der Waals surface area contributed by atoms with Gasteiger partial charge in [-0.2, -0.15) is 27.1 Å². The fourth-order valence-electron chi connectivity index (χ4n) is 2.65. The number of alkyl halides is 5. The highest BCUT2D eigenvalue weighted by atomic mass is 19.4. The first-order valence-electron chi connectivity index (χ1n) is 7.13. The maximum Gasteiger partial charge on any atom is 0.417 e. The summed E-state index contributed by atoms with van der Waals surface area (Å²) >= 11 is 0. The molecule has 25 heavy (non-hydrogen) atoms. The fourth-order valence-corrected chi connectivity index (χ4v) is 2.65. The first-order chi connectivity index (χ1) is 11.7. The van der Waals surface area contributed by atoms with Crippen LogP contribution in [-0.4, -0.2) is 21.4 Å². The van der Waals surface area contributed by atoms with Crippen molar-refractivity contribution in [2.75, 3.05) is 0 Å². The van der Waals surface area contributed by atoms with Gasteiger partial charge in [0, 0.05) is 12.6 Å². The third-order valence-electron chi connectivity index (χ3n) is 3.63. The van der Waals surface area contributed by atoms with Crippen molar-refractivity contribution < 1.29 is 26.7 Å². The van der Waals surface area contributed by atoms with Gasteiger partial charge in [-0.05, 0) is 25.1 Å². The lowest BCUT2D eigenvalue weighted by molar-refractivity contribution is -0.136. The van der Waals surface area contributed by atoms with Crippen LogP contribution in [0.4, 0.5) is 22.0 Å². The summed E-state index contributed by atoms with van der Waals surface area (Å²) in [6.45, 7) is -1.56. The van der Waals surface area contributed by atoms with Crippen LogP contribution in [0.3, 0.4) is 0 Å². The van der Waals surface area contributed by atoms with Crippen molar-refractivity contribution in [3.63, 3.8) is 0 Å². The average molecular weight is 357 g/mol. The van der Waals surface area contributed by atoms with E-state index >= 15 is 0 Å². The second-order valence-corrected chi connectivity index (χ2v) is 5.37. The van der Waals surface area contributed by atoms with E-state index in [2.05, 4.69) is 14.8 Å². The molecule has 4 nitrogen and oxygen atoms in total. The van der Waals surface area contributed by atoms with Crippen LogP contribution in [0.15, 0.2) is 30.3 Å². The number of hydrogen-bond donors (Lipinski definition) is 0. The Morgan fingerprint density at radius 2 is 1.88 bits per heavy atom. The molecule has 0 aliphatic carbocycles. The molecule has 0 N–H and O–H groups in total. The molecule has 0 bridgehead atoms. The van der Waals surface area contributed by atoms with Crippen LogP contribution in [0.2, 0.25) is 0 Å². The lowest BCUT2D eigenvalue weighted by Gasteiger charge is -2.12. The predicted octanol–water partition coefficient (Wildman–Crippen LogP) is 4.56. The number of hydrogen-bond acceptors (Lipinski definition) is 3. The Kier molecular flexibility index (Phi) is 4.09. The topological polar surface area (TPSA) is 39.9 Å². The quantitative estimate of drug-likeness (QED) is 0.645. The zero-order chi connectivity index (χ0) is 18.4. The number of pyridine rings is 1. The summed E-state index contributed by atoms with van der Waals surface area (Å²) in [7, 11) is 1.49. The number of rotatable bonds is 3. The second kappa shape index (κ2) is 5.98. The van der Waals surface area contributed by atoms with E-state index in [0.717, 1.165) is 6.07 Å². The van der Waals surface area contributed by atoms with Crippen LogP contribution in [0.25, 0.3) is 22.3 Å². The molecule has 132 valence electrons. The number of halogens is 5. The summed E-state index contributed by atoms with van der Waals surface area (Å²) < 4.78 is 70.6. The Balaban J connectivity index is 2.23. The highest BCUT2D eigenvalue weighted by Crippen LogP contribution is 2.38. The summed E-state index contributed by atoms with van der Waals surface area (Å²) in [5.74, 6) is -0.163. The summed E-state index contributed by atoms with van der Waals surface area (Å²) in [4.78, 5) is 4.22. The van der Waals surface area contributed by atoms with Crippen molar-refractivity contribution in [2.24, 2.45) is 7.05 Å². The molecule has 3 rings (SSSR count). The molecule has 0 atom stereocenters. The molecule has 0 fully saturated rings. The molecule has 2 heterocycles. The number of aromatic nitrogens is 3. The lowest BCUT2D eigenvalue weighted by Crippen LogP contribution is -2.08. The minimum atomic E-state index is -4.61. The summed E-state index contributed by atoms with van der Waals surface area (Å²) in [6, 6.07) is 6.26. The summed E-state index contributed by atoms with van der Waals surface area (Å²) in [5.41, 5.74) is -0.397. The van der Waals surface area contributed by atoms with Gasteiger partial charge in [0.15, 0.2) is 5.65 Å². The normalized spacial score (nSPS) is 12.2. The van der Waals surface area contributed by atoms with E-state index in [4.69, 9.17) is 0 Å². The molecule has 0 unspecified atom stereocenters. The third-order valence-corrected chi connectivity index (χ3v) is 3.63. The van der Waals surface area contributed by atoms with Gasteiger partial charge >= 0.3 is 12.8 Å². The molecule has 0 radical (unpaired) electrons. The van der Waals surface area contributed by atoms with Gasteiger partial charge in [0.05, 0.1) is 22.3 Å². The number of benzene rings is 1. The highest BCUT2D eigenvalue weighted by molar-refractivity contribution is 5.85. The highest BCUT2D eigenvalue weighted by Gasteiger charge is 2.35. The van der Waals surface area contributed by atoms with Crippen molar-refractivity contribution in [1.82, 2.24) is 14.8 Å². The van der Waals surface area contributed by atoms with Gasteiger partial charge < -0.3 is 4.74 Å². The molecule has 0 aliphatic rings. The van der Waals surface area contributed by atoms with Crippen molar-refractivity contribution >= 4 is 11.0 Å². The maximum atomic E-state index is 13.5. The molecule has 0 saturated heterocycles. The number of nitrogens with zero attached hydrogens (tertiary/aromatic N) is 3. The van der Waals surface area contributed by atoms with Gasteiger partial charge in [-0.1, -0.05) is 12.1 Å². The maximum absolute atomic E-state index is 13.5. The molecular weight excluding hydrogens is 345 g/mol. The van der Waals surface area contributed by atoms with Crippen molar-refractivity contribution in [3.05, 3.63) is 41.6 Å². The van der Waals surface area contributed by atoms with Crippen molar-refractivity contribution in [3.8, 4) is 17.0 Å². The molecule has 0 aliphatic heterocycles. The van der Waals surface area contributed by atoms with Gasteiger partial charge in [0.25, 0.3) is 0 Å². The standard InChI is InChI=1S/C16H12F5N3O/c1-8-13-11(16(19,20)21)7-12(22-14(13)24(2)23-8)9-4-3-5-10(6-9)25-15(17)18/h3-7,15H,1-2H3. The van der Waals surface area contributed by atoms with Crippen LogP contribution < -0.4 is 4.74 Å². The first-order valence-corrected chi connectivity index (χ1v) is 7.13. The molecular formula is C16H12F5N3O. The van der Waals surface area contributed by atoms with Crippen LogP contribution in [0.1, 0.15) is 11.3 Å². The van der Waals surface area contributed by atoms with Gasteiger partial charge in [-0.3, -0.25) is 4.68 Å². The Labute approximate surface area is 138 Å². The fraction of sp³-hybridized carbons (Fsp3) is 0.250. The van der Waals surface area contributed by atoms with E-state index in [1.165, 1.54) is 42.9 Å². The van der Waals surface area contributed by atoms with Crippen LogP contribution in [0.5, 0.6) is 5.75 Å². The Morgan fingerprint density at radius 3 is 2.52 bits per heavy atom. The van der Waals surface area contributed by atoms with E-state index in [0.29, 0.717) is 0 Å². The van der Waals surface area contributed by atoms with Gasteiger partial charge in [-0.25, -0.2) is 4.98 Å². The van der Waals surface area contributed by atoms with Crippen LogP contribution >= 0.6 is 0 Å². The third kappa shape index (κ3) is 3.26. The van der Waals surface area contributed by atoms with Gasteiger partial charge in [-0.15, -0.1) is 0 Å². The van der Waals surface area contributed by atoms with Crippen molar-refractivity contribution in [1.29, 1.82) is 0 Å². The second-order valence-electron chi connectivity index (χ2n) is 5.37. The summed E-state index contributed by atoms with van der Waals surface area (Å²) in [5, 5.41) is 3.90. The SMILES string of the molecule is Cc1nn(C)c2nc(-c3cccc(OC(F)F)c3)cc(C(F)(F)F)c12. The number of aryl methyl sites for hydroxylation is 2. The first kappa shape index (κ1) is 17.1. The molecule has 9 heteroatoms. The van der Waals surface area contributed by atoms with E-state index in [1.807, 2.05) is 0 Å². The minimum Gasteiger partial charge on any atom is -0.435 e. The van der Waals surface area contributed by atoms with E-state index in [-0.39, 0.29) is 33.7 Å². The van der Waals surface area contributed by atoms with Crippen LogP contribution in [-0.2, 0) is 13.2 Å². The van der Waals surface area contributed by atoms with E-state index < -0.39 is 18.4 Å². The van der Waals surface area contributed by atoms with Gasteiger partial charge in [0.2, 0.25) is 0 Å². The van der Waals surface area contributed by atoms with Gasteiger partial charge in [0.1, 0.15) is 5.75 Å². The zero-order valence-corrected chi connectivity index (χ0v) is 13.1. The Hall–Kier alpha value is -2.71. The van der Waals surface area contributed by atoms with E-state index in [9.17, 15) is 22.0 Å². The Bertz CT molecular complexity index is 933. The van der Waals surface area contributed by atoms with E-state index in [1.54, 1.807) is 0 Å². The molecule has 3 aromatic rings. The minimum absolute atomic E-state index is 0.0115. The molecule has 1 aromatic carbocycles. The number of ether oxygens (including phenoxy) is 1. The summed E-state index contributed by atoms with van der Waals surface area (Å²) in [6.07, 6.45) is -4.61. The molecule has 0 saturated carbocycles. The zero-order valence-electron chi connectivity index (χ0n) is 13.1. The Morgan fingerprint density at radius 1 is 1.16 bits per heavy atom. The predicted molar refractivity (Wildman–Crippen MR) is 80.3 cm³/mol.